The summed E-state index contributed by atoms with van der Waals surface area (Å²) in [5.41, 5.74) is 5.26. The number of hydrogen-bond acceptors (Lipinski definition) is 5. The summed E-state index contributed by atoms with van der Waals surface area (Å²) in [4.78, 5) is 11.1. The summed E-state index contributed by atoms with van der Waals surface area (Å²) in [7, 11) is -3.62. The largest absolute Gasteiger partial charge is 0.423 e. The molecule has 0 amide bonds. The Balaban J connectivity index is 2.46. The Hall–Kier alpha value is -1.70. The Morgan fingerprint density at radius 1 is 1.32 bits per heavy atom. The zero-order valence-electron chi connectivity index (χ0n) is 10.3. The lowest BCUT2D eigenvalue weighted by molar-refractivity contribution is 0.558. The van der Waals surface area contributed by atoms with Gasteiger partial charge in [0, 0.05) is 24.0 Å². The van der Waals surface area contributed by atoms with Crippen LogP contribution in [0.4, 0.5) is 0 Å². The Morgan fingerprint density at radius 2 is 2.05 bits per heavy atom. The Morgan fingerprint density at radius 3 is 2.74 bits per heavy atom. The Labute approximate surface area is 110 Å². The lowest BCUT2D eigenvalue weighted by atomic mass is 10.2. The molecule has 0 saturated heterocycles. The summed E-state index contributed by atoms with van der Waals surface area (Å²) >= 11 is 0. The number of sulfonamides is 1. The van der Waals surface area contributed by atoms with E-state index in [-0.39, 0.29) is 17.5 Å². The number of benzene rings is 1. The molecule has 0 aliphatic carbocycles. The molecule has 19 heavy (non-hydrogen) atoms. The number of nitrogens with one attached hydrogen (secondary N) is 1. The third-order valence-electron chi connectivity index (χ3n) is 2.61. The third kappa shape index (κ3) is 3.01. The van der Waals surface area contributed by atoms with Crippen molar-refractivity contribution in [2.45, 2.75) is 17.9 Å². The van der Waals surface area contributed by atoms with E-state index in [1.807, 2.05) is 0 Å². The molecule has 6 nitrogen and oxygen atoms in total. The van der Waals surface area contributed by atoms with Crippen LogP contribution in [0.1, 0.15) is 6.92 Å². The number of rotatable bonds is 4. The van der Waals surface area contributed by atoms with Crippen molar-refractivity contribution in [1.82, 2.24) is 4.72 Å². The maximum atomic E-state index is 12.1. The van der Waals surface area contributed by atoms with Gasteiger partial charge in [-0.1, -0.05) is 0 Å². The zero-order chi connectivity index (χ0) is 14.0. The third-order valence-corrected chi connectivity index (χ3v) is 4.20. The highest BCUT2D eigenvalue weighted by Crippen LogP contribution is 2.17. The molecule has 1 heterocycles. The Bertz CT molecular complexity index is 752. The highest BCUT2D eigenvalue weighted by atomic mass is 32.2. The van der Waals surface area contributed by atoms with Crippen molar-refractivity contribution in [3.8, 4) is 0 Å². The number of fused-ring (bicyclic) bond motifs is 1. The molecule has 2 aromatic rings. The highest BCUT2D eigenvalue weighted by molar-refractivity contribution is 7.89. The summed E-state index contributed by atoms with van der Waals surface area (Å²) in [6.07, 6.45) is 0. The van der Waals surface area contributed by atoms with Crippen LogP contribution in [-0.2, 0) is 10.0 Å². The van der Waals surface area contributed by atoms with E-state index in [9.17, 15) is 13.2 Å². The van der Waals surface area contributed by atoms with Gasteiger partial charge >= 0.3 is 5.63 Å². The molecule has 2 rings (SSSR count). The molecule has 102 valence electrons. The first kappa shape index (κ1) is 13.7. The van der Waals surface area contributed by atoms with Crippen LogP contribution >= 0.6 is 0 Å². The second-order valence-electron chi connectivity index (χ2n) is 4.21. The van der Waals surface area contributed by atoms with Crippen LogP contribution < -0.4 is 16.1 Å². The SMILES string of the molecule is C[C@@H](CN)NS(=O)(=O)c1ccc2oc(=O)ccc2c1. The van der Waals surface area contributed by atoms with Gasteiger partial charge in [0.25, 0.3) is 0 Å². The van der Waals surface area contributed by atoms with E-state index >= 15 is 0 Å². The van der Waals surface area contributed by atoms with Crippen molar-refractivity contribution in [3.05, 3.63) is 40.8 Å². The van der Waals surface area contributed by atoms with E-state index in [1.54, 1.807) is 6.92 Å². The first-order valence-electron chi connectivity index (χ1n) is 5.69. The molecule has 0 aliphatic heterocycles. The van der Waals surface area contributed by atoms with E-state index in [2.05, 4.69) is 4.72 Å². The second kappa shape index (κ2) is 5.12. The van der Waals surface area contributed by atoms with Gasteiger partial charge in [-0.25, -0.2) is 17.9 Å². The Kier molecular flexibility index (Phi) is 3.70. The molecule has 1 atom stereocenters. The van der Waals surface area contributed by atoms with E-state index in [4.69, 9.17) is 10.2 Å². The first-order valence-corrected chi connectivity index (χ1v) is 7.17. The molecule has 3 N–H and O–H groups in total. The van der Waals surface area contributed by atoms with Crippen LogP contribution in [-0.4, -0.2) is 21.0 Å². The minimum absolute atomic E-state index is 0.106. The predicted octanol–water partition coefficient (Wildman–Crippen LogP) is 0.419. The molecule has 0 aliphatic rings. The second-order valence-corrected chi connectivity index (χ2v) is 5.93. The summed E-state index contributed by atoms with van der Waals surface area (Å²) in [5.74, 6) is 0. The monoisotopic (exact) mass is 282 g/mol. The van der Waals surface area contributed by atoms with E-state index in [1.165, 1.54) is 30.3 Å². The van der Waals surface area contributed by atoms with Crippen LogP contribution in [0.2, 0.25) is 0 Å². The molecule has 0 spiro atoms. The predicted molar refractivity (Wildman–Crippen MR) is 71.3 cm³/mol. The average Bonchev–Trinajstić information content (AvgIpc) is 2.37. The van der Waals surface area contributed by atoms with Crippen LogP contribution in [0.15, 0.2) is 44.4 Å². The lowest BCUT2D eigenvalue weighted by Gasteiger charge is -2.12. The average molecular weight is 282 g/mol. The summed E-state index contributed by atoms with van der Waals surface area (Å²) < 4.78 is 31.5. The van der Waals surface area contributed by atoms with Gasteiger partial charge in [-0.2, -0.15) is 0 Å². The quantitative estimate of drug-likeness (QED) is 0.791. The van der Waals surface area contributed by atoms with Crippen molar-refractivity contribution >= 4 is 21.0 Å². The van der Waals surface area contributed by atoms with Crippen molar-refractivity contribution in [2.24, 2.45) is 5.73 Å². The topological polar surface area (TPSA) is 102 Å². The van der Waals surface area contributed by atoms with E-state index < -0.39 is 15.6 Å². The van der Waals surface area contributed by atoms with Gasteiger partial charge in [0.1, 0.15) is 5.58 Å². The van der Waals surface area contributed by atoms with Gasteiger partial charge in [0.05, 0.1) is 4.90 Å². The molecule has 0 radical (unpaired) electrons. The molecular formula is C12H14N2O4S. The van der Waals surface area contributed by atoms with Gasteiger partial charge in [0.2, 0.25) is 10.0 Å². The molecule has 1 aromatic heterocycles. The molecule has 0 unspecified atom stereocenters. The standard InChI is InChI=1S/C12H14N2O4S/c1-8(7-13)14-19(16,17)10-3-4-11-9(6-10)2-5-12(15)18-11/h2-6,8,14H,7,13H2,1H3/t8-/m0/s1. The van der Waals surface area contributed by atoms with Crippen LogP contribution in [0.3, 0.4) is 0 Å². The van der Waals surface area contributed by atoms with Crippen LogP contribution in [0.25, 0.3) is 11.0 Å². The highest BCUT2D eigenvalue weighted by Gasteiger charge is 2.17. The van der Waals surface area contributed by atoms with Gasteiger partial charge in [0.15, 0.2) is 0 Å². The maximum absolute atomic E-state index is 12.1. The summed E-state index contributed by atoms with van der Waals surface area (Å²) in [6.45, 7) is 1.89. The maximum Gasteiger partial charge on any atom is 0.336 e. The van der Waals surface area contributed by atoms with E-state index in [0.29, 0.717) is 11.0 Å². The summed E-state index contributed by atoms with van der Waals surface area (Å²) in [6, 6.07) is 6.70. The minimum atomic E-state index is -3.62. The van der Waals surface area contributed by atoms with Crippen molar-refractivity contribution in [2.75, 3.05) is 6.54 Å². The summed E-state index contributed by atoms with van der Waals surface area (Å²) in [5, 5.41) is 0.544. The first-order chi connectivity index (χ1) is 8.92. The fourth-order valence-corrected chi connectivity index (χ4v) is 2.89. The number of nitrogens with two attached hydrogens (primary N) is 1. The zero-order valence-corrected chi connectivity index (χ0v) is 11.1. The molecular weight excluding hydrogens is 268 g/mol. The van der Waals surface area contributed by atoms with Crippen LogP contribution in [0, 0.1) is 0 Å². The minimum Gasteiger partial charge on any atom is -0.423 e. The van der Waals surface area contributed by atoms with Gasteiger partial charge < -0.3 is 10.2 Å². The number of hydrogen-bond donors (Lipinski definition) is 2. The van der Waals surface area contributed by atoms with E-state index in [0.717, 1.165) is 0 Å². The van der Waals surface area contributed by atoms with Gasteiger partial charge in [-0.05, 0) is 31.2 Å². The molecule has 1 aromatic carbocycles. The fourth-order valence-electron chi connectivity index (χ4n) is 1.60. The van der Waals surface area contributed by atoms with Crippen LogP contribution in [0.5, 0.6) is 0 Å². The molecule has 7 heteroatoms. The molecule has 0 saturated carbocycles. The van der Waals surface area contributed by atoms with Crippen molar-refractivity contribution < 1.29 is 12.8 Å². The van der Waals surface area contributed by atoms with Crippen molar-refractivity contribution in [1.29, 1.82) is 0 Å². The molecule has 0 bridgehead atoms. The fraction of sp³-hybridized carbons (Fsp3) is 0.250. The van der Waals surface area contributed by atoms with Gasteiger partial charge in [-0.3, -0.25) is 0 Å². The van der Waals surface area contributed by atoms with Gasteiger partial charge in [-0.15, -0.1) is 0 Å². The molecule has 0 fully saturated rings. The lowest BCUT2D eigenvalue weighted by Crippen LogP contribution is -2.37. The smallest absolute Gasteiger partial charge is 0.336 e. The van der Waals surface area contributed by atoms with Crippen molar-refractivity contribution in [3.63, 3.8) is 0 Å². The normalized spacial score (nSPS) is 13.6.